The van der Waals surface area contributed by atoms with Crippen molar-refractivity contribution in [2.45, 2.75) is 83.3 Å². The number of nitrogens with zero attached hydrogens (tertiary/aromatic N) is 1. The molecule has 0 aromatic heterocycles. The fourth-order valence-corrected chi connectivity index (χ4v) is 3.02. The second-order valence-electron chi connectivity index (χ2n) is 8.02. The predicted molar refractivity (Wildman–Crippen MR) is 104 cm³/mol. The van der Waals surface area contributed by atoms with Gasteiger partial charge in [0.15, 0.2) is 0 Å². The zero-order valence-electron chi connectivity index (χ0n) is 17.2. The summed E-state index contributed by atoms with van der Waals surface area (Å²) >= 11 is 0. The van der Waals surface area contributed by atoms with Crippen LogP contribution in [0.5, 0.6) is 0 Å². The van der Waals surface area contributed by atoms with Gasteiger partial charge in [-0.15, -0.1) is 0 Å². The quantitative estimate of drug-likeness (QED) is 0.253. The number of quaternary nitrogens is 1. The molecule has 0 amide bonds. The van der Waals surface area contributed by atoms with Crippen molar-refractivity contribution in [2.24, 2.45) is 0 Å². The number of hydrogen-bond acceptors (Lipinski definition) is 4. The van der Waals surface area contributed by atoms with E-state index in [1.54, 1.807) is 0 Å². The Bertz CT molecular complexity index is 349. The second kappa shape index (κ2) is 15.4. The minimum absolute atomic E-state index is 0.0989. The van der Waals surface area contributed by atoms with Crippen LogP contribution in [-0.2, 0) is 9.53 Å². The summed E-state index contributed by atoms with van der Waals surface area (Å²) in [4.78, 5) is 10.7. The molecule has 2 atom stereocenters. The summed E-state index contributed by atoms with van der Waals surface area (Å²) in [6.07, 6.45) is 9.76. The average molecular weight is 377 g/mol. The maximum Gasteiger partial charge on any atom is 0.309 e. The molecule has 0 spiro atoms. The molecular formula is C20H42NO5+. The Morgan fingerprint density at radius 3 is 2.23 bits per heavy atom. The van der Waals surface area contributed by atoms with Crippen LogP contribution in [0.4, 0.5) is 0 Å². The second-order valence-corrected chi connectivity index (χ2v) is 8.02. The molecule has 6 heteroatoms. The van der Waals surface area contributed by atoms with Crippen LogP contribution in [0, 0.1) is 0 Å². The first-order valence-electron chi connectivity index (χ1n) is 10.2. The Labute approximate surface area is 159 Å². The molecule has 0 rings (SSSR count). The third kappa shape index (κ3) is 15.6. The standard InChI is InChI=1S/C20H41NO5/c1-4-5-6-7-8-9-11-19(26-17-18(23)16-22)12-10-14-21(2,3)15-13-20(24)25/h18-19,22-23H,4-17H2,1-3H3/p+1. The molecule has 0 aliphatic carbocycles. The smallest absolute Gasteiger partial charge is 0.309 e. The number of hydrogen-bond donors (Lipinski definition) is 3. The average Bonchev–Trinajstić information content (AvgIpc) is 2.59. The minimum Gasteiger partial charge on any atom is -0.481 e. The van der Waals surface area contributed by atoms with Gasteiger partial charge < -0.3 is 24.5 Å². The van der Waals surface area contributed by atoms with Crippen molar-refractivity contribution in [3.63, 3.8) is 0 Å². The van der Waals surface area contributed by atoms with E-state index in [9.17, 15) is 9.90 Å². The molecule has 0 aromatic carbocycles. The van der Waals surface area contributed by atoms with Gasteiger partial charge in [0.05, 0.1) is 52.9 Å². The van der Waals surface area contributed by atoms with Crippen LogP contribution < -0.4 is 0 Å². The molecule has 0 aliphatic heterocycles. The zero-order chi connectivity index (χ0) is 19.8. The monoisotopic (exact) mass is 376 g/mol. The highest BCUT2D eigenvalue weighted by atomic mass is 16.5. The summed E-state index contributed by atoms with van der Waals surface area (Å²) in [5.41, 5.74) is 0. The van der Waals surface area contributed by atoms with Crippen LogP contribution in [0.2, 0.25) is 0 Å². The number of carboxylic acids is 1. The molecule has 0 saturated carbocycles. The van der Waals surface area contributed by atoms with E-state index in [2.05, 4.69) is 21.0 Å². The normalized spacial score (nSPS) is 14.3. The fraction of sp³-hybridized carbons (Fsp3) is 0.950. The van der Waals surface area contributed by atoms with Crippen LogP contribution in [0.1, 0.15) is 71.1 Å². The molecule has 0 heterocycles. The maximum atomic E-state index is 10.7. The number of unbranched alkanes of at least 4 members (excludes halogenated alkanes) is 5. The summed E-state index contributed by atoms with van der Waals surface area (Å²) in [5.74, 6) is -0.751. The highest BCUT2D eigenvalue weighted by Crippen LogP contribution is 2.16. The predicted octanol–water partition coefficient (Wildman–Crippen LogP) is 2.81. The van der Waals surface area contributed by atoms with Crippen molar-refractivity contribution in [3.05, 3.63) is 0 Å². The van der Waals surface area contributed by atoms with E-state index in [1.165, 1.54) is 32.1 Å². The molecule has 156 valence electrons. The lowest BCUT2D eigenvalue weighted by Crippen LogP contribution is -2.42. The number of ether oxygens (including phenoxy) is 1. The zero-order valence-corrected chi connectivity index (χ0v) is 17.2. The largest absolute Gasteiger partial charge is 0.481 e. The SMILES string of the molecule is CCCCCCCCC(CCC[N+](C)(C)CCC(=O)O)OCC(O)CO. The first-order chi connectivity index (χ1) is 12.3. The highest BCUT2D eigenvalue weighted by molar-refractivity contribution is 5.66. The van der Waals surface area contributed by atoms with E-state index in [-0.39, 0.29) is 25.7 Å². The van der Waals surface area contributed by atoms with E-state index in [4.69, 9.17) is 14.9 Å². The van der Waals surface area contributed by atoms with E-state index in [1.807, 2.05) is 0 Å². The lowest BCUT2D eigenvalue weighted by molar-refractivity contribution is -0.890. The van der Waals surface area contributed by atoms with Gasteiger partial charge in [0.25, 0.3) is 0 Å². The van der Waals surface area contributed by atoms with E-state index in [0.29, 0.717) is 11.0 Å². The topological polar surface area (TPSA) is 87.0 Å². The molecule has 0 fully saturated rings. The summed E-state index contributed by atoms with van der Waals surface area (Å²) in [5, 5.41) is 27.3. The number of aliphatic hydroxyl groups is 2. The Morgan fingerprint density at radius 1 is 1.00 bits per heavy atom. The lowest BCUT2D eigenvalue weighted by Gasteiger charge is -2.30. The number of carbonyl (C=O) groups is 1. The Morgan fingerprint density at radius 2 is 1.62 bits per heavy atom. The number of rotatable bonds is 18. The maximum absolute atomic E-state index is 10.7. The van der Waals surface area contributed by atoms with Crippen LogP contribution >= 0.6 is 0 Å². The Balaban J connectivity index is 4.18. The molecule has 6 nitrogen and oxygen atoms in total. The van der Waals surface area contributed by atoms with E-state index >= 15 is 0 Å². The van der Waals surface area contributed by atoms with Crippen LogP contribution in [0.15, 0.2) is 0 Å². The first kappa shape index (κ1) is 25.3. The van der Waals surface area contributed by atoms with Crippen molar-refractivity contribution >= 4 is 5.97 Å². The molecule has 3 N–H and O–H groups in total. The van der Waals surface area contributed by atoms with Crippen molar-refractivity contribution < 1.29 is 29.3 Å². The van der Waals surface area contributed by atoms with Crippen LogP contribution in [-0.4, -0.2) is 78.4 Å². The van der Waals surface area contributed by atoms with Gasteiger partial charge >= 0.3 is 5.97 Å². The van der Waals surface area contributed by atoms with Gasteiger partial charge in [0.2, 0.25) is 0 Å². The molecule has 0 radical (unpaired) electrons. The van der Waals surface area contributed by atoms with Gasteiger partial charge in [-0.3, -0.25) is 4.79 Å². The van der Waals surface area contributed by atoms with Crippen LogP contribution in [0.3, 0.4) is 0 Å². The number of aliphatic carboxylic acids is 1. The molecule has 2 unspecified atom stereocenters. The number of aliphatic hydroxyl groups excluding tert-OH is 2. The van der Waals surface area contributed by atoms with Crippen molar-refractivity contribution in [1.82, 2.24) is 0 Å². The van der Waals surface area contributed by atoms with Crippen molar-refractivity contribution in [3.8, 4) is 0 Å². The van der Waals surface area contributed by atoms with E-state index < -0.39 is 12.1 Å². The Kier molecular flexibility index (Phi) is 15.0. The summed E-state index contributed by atoms with van der Waals surface area (Å²) in [6, 6.07) is 0. The van der Waals surface area contributed by atoms with Crippen LogP contribution in [0.25, 0.3) is 0 Å². The highest BCUT2D eigenvalue weighted by Gasteiger charge is 2.18. The fourth-order valence-electron chi connectivity index (χ4n) is 3.02. The Hall–Kier alpha value is -0.690. The summed E-state index contributed by atoms with van der Waals surface area (Å²) in [7, 11) is 4.12. The van der Waals surface area contributed by atoms with Crippen molar-refractivity contribution in [1.29, 1.82) is 0 Å². The molecular weight excluding hydrogens is 334 g/mol. The third-order valence-electron chi connectivity index (χ3n) is 4.84. The lowest BCUT2D eigenvalue weighted by atomic mass is 10.0. The molecule has 0 saturated heterocycles. The van der Waals surface area contributed by atoms with Gasteiger partial charge in [-0.25, -0.2) is 0 Å². The molecule has 0 bridgehead atoms. The van der Waals surface area contributed by atoms with Gasteiger partial charge in [-0.2, -0.15) is 0 Å². The molecule has 0 aromatic rings. The van der Waals surface area contributed by atoms with Gasteiger partial charge in [0, 0.05) is 0 Å². The summed E-state index contributed by atoms with van der Waals surface area (Å²) < 4.78 is 6.51. The summed E-state index contributed by atoms with van der Waals surface area (Å²) in [6.45, 7) is 3.65. The van der Waals surface area contributed by atoms with Crippen molar-refractivity contribution in [2.75, 3.05) is 40.4 Å². The first-order valence-corrected chi connectivity index (χ1v) is 10.2. The third-order valence-corrected chi connectivity index (χ3v) is 4.84. The van der Waals surface area contributed by atoms with Gasteiger partial charge in [-0.1, -0.05) is 45.4 Å². The number of carboxylic acid groups (broad SMARTS) is 1. The van der Waals surface area contributed by atoms with E-state index in [0.717, 1.165) is 32.2 Å². The van der Waals surface area contributed by atoms with Gasteiger partial charge in [-0.05, 0) is 19.3 Å². The van der Waals surface area contributed by atoms with Gasteiger partial charge in [0.1, 0.15) is 6.10 Å². The minimum atomic E-state index is -0.815. The molecule has 26 heavy (non-hydrogen) atoms. The molecule has 0 aliphatic rings.